The minimum absolute atomic E-state index is 0.0999. The fraction of sp³-hybridized carbons (Fsp3) is 0.200. The second kappa shape index (κ2) is 6.77. The van der Waals surface area contributed by atoms with Crippen LogP contribution >= 0.6 is 0 Å². The van der Waals surface area contributed by atoms with Crippen LogP contribution in [0.4, 0.5) is 5.69 Å². The maximum atomic E-state index is 12.7. The topological polar surface area (TPSA) is 131 Å². The zero-order valence-electron chi connectivity index (χ0n) is 16.4. The van der Waals surface area contributed by atoms with Gasteiger partial charge in [-0.1, -0.05) is 0 Å². The van der Waals surface area contributed by atoms with Crippen LogP contribution in [-0.4, -0.2) is 30.4 Å². The van der Waals surface area contributed by atoms with Gasteiger partial charge in [0.1, 0.15) is 0 Å². The summed E-state index contributed by atoms with van der Waals surface area (Å²) < 4.78 is 32.8. The first-order valence-corrected chi connectivity index (χ1v) is 10.5. The summed E-state index contributed by atoms with van der Waals surface area (Å²) in [7, 11) is -4.14. The average molecular weight is 426 g/mol. The maximum Gasteiger partial charge on any atom is 0.264 e. The zero-order chi connectivity index (χ0) is 21.7. The molecule has 154 valence electrons. The summed E-state index contributed by atoms with van der Waals surface area (Å²) in [5.74, 6) is -0.284. The quantitative estimate of drug-likeness (QED) is 0.655. The standard InChI is InChI=1S/C20H18N4O5S/c1-11-22-23-18(29-11)13-6-4-12(5-7-13)17(25)24-30(27,28)14-8-9-16-15(10-14)20(2,3)19(26)21-16/h4-10H,1-3H3,(H,21,26)(H,24,25). The summed E-state index contributed by atoms with van der Waals surface area (Å²) in [4.78, 5) is 24.5. The molecule has 0 unspecified atom stereocenters. The number of rotatable bonds is 4. The van der Waals surface area contributed by atoms with Crippen LogP contribution in [0, 0.1) is 6.92 Å². The molecule has 0 atom stereocenters. The number of nitrogens with zero attached hydrogens (tertiary/aromatic N) is 2. The number of anilines is 1. The zero-order valence-corrected chi connectivity index (χ0v) is 17.2. The van der Waals surface area contributed by atoms with Crippen molar-refractivity contribution in [1.29, 1.82) is 0 Å². The van der Waals surface area contributed by atoms with Gasteiger partial charge in [-0.15, -0.1) is 10.2 Å². The maximum absolute atomic E-state index is 12.7. The first-order chi connectivity index (χ1) is 14.1. The molecular formula is C20H18N4O5S. The molecule has 0 fully saturated rings. The second-order valence-corrected chi connectivity index (χ2v) is 9.11. The van der Waals surface area contributed by atoms with Crippen molar-refractivity contribution >= 4 is 27.5 Å². The Morgan fingerprint density at radius 3 is 2.43 bits per heavy atom. The van der Waals surface area contributed by atoms with Gasteiger partial charge in [-0.3, -0.25) is 9.59 Å². The Morgan fingerprint density at radius 2 is 1.80 bits per heavy atom. The predicted octanol–water partition coefficient (Wildman–Crippen LogP) is 2.39. The summed E-state index contributed by atoms with van der Waals surface area (Å²) in [5, 5.41) is 10.3. The number of aromatic nitrogens is 2. The van der Waals surface area contributed by atoms with E-state index < -0.39 is 21.3 Å². The van der Waals surface area contributed by atoms with Gasteiger partial charge in [0.05, 0.1) is 10.3 Å². The molecule has 2 heterocycles. The fourth-order valence-electron chi connectivity index (χ4n) is 3.13. The minimum atomic E-state index is -4.14. The highest BCUT2D eigenvalue weighted by molar-refractivity contribution is 7.90. The van der Waals surface area contributed by atoms with Crippen LogP contribution in [0.25, 0.3) is 11.5 Å². The summed E-state index contributed by atoms with van der Waals surface area (Å²) in [6, 6.07) is 10.4. The number of amides is 2. The number of aryl methyl sites for hydroxylation is 1. The molecule has 30 heavy (non-hydrogen) atoms. The third kappa shape index (κ3) is 3.35. The van der Waals surface area contributed by atoms with Gasteiger partial charge >= 0.3 is 0 Å². The molecule has 0 spiro atoms. The lowest BCUT2D eigenvalue weighted by Gasteiger charge is -2.16. The first kappa shape index (κ1) is 19.8. The number of fused-ring (bicyclic) bond motifs is 1. The molecule has 2 aromatic carbocycles. The molecule has 9 nitrogen and oxygen atoms in total. The van der Waals surface area contributed by atoms with E-state index in [0.29, 0.717) is 28.6 Å². The molecule has 1 aromatic heterocycles. The molecule has 1 aliphatic rings. The van der Waals surface area contributed by atoms with E-state index in [1.165, 1.54) is 30.3 Å². The van der Waals surface area contributed by atoms with Crippen molar-refractivity contribution in [2.24, 2.45) is 0 Å². The molecule has 0 radical (unpaired) electrons. The Bertz CT molecular complexity index is 1280. The van der Waals surface area contributed by atoms with Gasteiger partial charge in [-0.25, -0.2) is 13.1 Å². The van der Waals surface area contributed by atoms with Crippen LogP contribution in [0.3, 0.4) is 0 Å². The van der Waals surface area contributed by atoms with Gasteiger partial charge in [-0.05, 0) is 61.9 Å². The van der Waals surface area contributed by atoms with Crippen molar-refractivity contribution in [2.75, 3.05) is 5.32 Å². The highest BCUT2D eigenvalue weighted by Crippen LogP contribution is 2.38. The number of nitrogens with one attached hydrogen (secondary N) is 2. The van der Waals surface area contributed by atoms with Crippen molar-refractivity contribution in [1.82, 2.24) is 14.9 Å². The first-order valence-electron chi connectivity index (χ1n) is 9.01. The van der Waals surface area contributed by atoms with E-state index >= 15 is 0 Å². The van der Waals surface area contributed by atoms with Crippen molar-refractivity contribution < 1.29 is 22.4 Å². The molecule has 0 saturated heterocycles. The van der Waals surface area contributed by atoms with Crippen LogP contribution in [0.2, 0.25) is 0 Å². The third-order valence-electron chi connectivity index (χ3n) is 4.94. The van der Waals surface area contributed by atoms with Crippen molar-refractivity contribution in [3.8, 4) is 11.5 Å². The van der Waals surface area contributed by atoms with Crippen LogP contribution in [0.5, 0.6) is 0 Å². The molecular weight excluding hydrogens is 408 g/mol. The molecule has 1 aliphatic heterocycles. The van der Waals surface area contributed by atoms with Crippen molar-refractivity contribution in [2.45, 2.75) is 31.1 Å². The van der Waals surface area contributed by atoms with E-state index in [4.69, 9.17) is 4.42 Å². The van der Waals surface area contributed by atoms with Gasteiger partial charge in [0, 0.05) is 23.7 Å². The summed E-state index contributed by atoms with van der Waals surface area (Å²) in [6.45, 7) is 5.07. The number of hydrogen-bond acceptors (Lipinski definition) is 7. The lowest BCUT2D eigenvalue weighted by molar-refractivity contribution is -0.119. The minimum Gasteiger partial charge on any atom is -0.421 e. The molecule has 3 aromatic rings. The highest BCUT2D eigenvalue weighted by Gasteiger charge is 2.39. The Hall–Kier alpha value is -3.53. The largest absolute Gasteiger partial charge is 0.421 e. The molecule has 2 amide bonds. The van der Waals surface area contributed by atoms with Crippen molar-refractivity contribution in [3.05, 3.63) is 59.5 Å². The third-order valence-corrected chi connectivity index (χ3v) is 6.27. The van der Waals surface area contributed by atoms with Crippen LogP contribution in [-0.2, 0) is 20.2 Å². The number of carbonyl (C=O) groups is 2. The lowest BCUT2D eigenvalue weighted by atomic mass is 9.86. The number of carbonyl (C=O) groups excluding carboxylic acids is 2. The van der Waals surface area contributed by atoms with E-state index in [1.807, 2.05) is 0 Å². The SMILES string of the molecule is Cc1nnc(-c2ccc(C(=O)NS(=O)(=O)c3ccc4c(c3)C(C)(C)C(=O)N4)cc2)o1. The van der Waals surface area contributed by atoms with Gasteiger partial charge in [-0.2, -0.15) is 0 Å². The average Bonchev–Trinajstić information content (AvgIpc) is 3.22. The van der Waals surface area contributed by atoms with Crippen LogP contribution < -0.4 is 10.0 Å². The summed E-state index contributed by atoms with van der Waals surface area (Å²) >= 11 is 0. The Kier molecular flexibility index (Phi) is 4.46. The number of sulfonamides is 1. The number of benzene rings is 2. The van der Waals surface area contributed by atoms with E-state index in [2.05, 4.69) is 20.2 Å². The second-order valence-electron chi connectivity index (χ2n) is 7.42. The number of hydrogen-bond donors (Lipinski definition) is 2. The van der Waals surface area contributed by atoms with E-state index in [9.17, 15) is 18.0 Å². The summed E-state index contributed by atoms with van der Waals surface area (Å²) in [6.07, 6.45) is 0. The summed E-state index contributed by atoms with van der Waals surface area (Å²) in [5.41, 5.74) is 1.00. The molecule has 10 heteroatoms. The van der Waals surface area contributed by atoms with E-state index in [1.54, 1.807) is 32.9 Å². The predicted molar refractivity (Wildman–Crippen MR) is 107 cm³/mol. The molecule has 0 bridgehead atoms. The van der Waals surface area contributed by atoms with E-state index in [-0.39, 0.29) is 16.4 Å². The highest BCUT2D eigenvalue weighted by atomic mass is 32.2. The lowest BCUT2D eigenvalue weighted by Crippen LogP contribution is -2.31. The van der Waals surface area contributed by atoms with Gasteiger partial charge in [0.15, 0.2) is 0 Å². The normalized spacial score (nSPS) is 14.8. The van der Waals surface area contributed by atoms with Gasteiger partial charge < -0.3 is 9.73 Å². The Labute approximate surface area is 172 Å². The Balaban J connectivity index is 1.56. The van der Waals surface area contributed by atoms with Crippen LogP contribution in [0.15, 0.2) is 51.8 Å². The molecule has 0 aliphatic carbocycles. The molecule has 4 rings (SSSR count). The Morgan fingerprint density at radius 1 is 1.10 bits per heavy atom. The van der Waals surface area contributed by atoms with Crippen molar-refractivity contribution in [3.63, 3.8) is 0 Å². The molecule has 0 saturated carbocycles. The fourth-order valence-corrected chi connectivity index (χ4v) is 4.13. The van der Waals surface area contributed by atoms with Gasteiger partial charge in [0.2, 0.25) is 17.7 Å². The smallest absolute Gasteiger partial charge is 0.264 e. The van der Waals surface area contributed by atoms with E-state index in [0.717, 1.165) is 0 Å². The van der Waals surface area contributed by atoms with Gasteiger partial charge in [0.25, 0.3) is 15.9 Å². The monoisotopic (exact) mass is 426 g/mol. The molecule has 2 N–H and O–H groups in total. The van der Waals surface area contributed by atoms with Crippen LogP contribution in [0.1, 0.15) is 35.7 Å².